The Labute approximate surface area is 75.0 Å². The van der Waals surface area contributed by atoms with Gasteiger partial charge in [-0.05, 0) is 6.42 Å². The van der Waals surface area contributed by atoms with Crippen molar-refractivity contribution in [1.29, 1.82) is 0 Å². The van der Waals surface area contributed by atoms with Gasteiger partial charge >= 0.3 is 6.03 Å². The summed E-state index contributed by atoms with van der Waals surface area (Å²) in [4.78, 5) is 16.0. The van der Waals surface area contributed by atoms with Gasteiger partial charge in [-0.2, -0.15) is 0 Å². The number of amides is 2. The number of aryl methyl sites for hydroxylation is 1. The quantitative estimate of drug-likeness (QED) is 0.732. The van der Waals surface area contributed by atoms with Crippen molar-refractivity contribution in [3.63, 3.8) is 0 Å². The molecule has 0 fully saturated rings. The van der Waals surface area contributed by atoms with Crippen LogP contribution in [-0.4, -0.2) is 18.1 Å². The number of nitrogens with zero attached hydrogens (tertiary/aromatic N) is 1. The fourth-order valence-electron chi connectivity index (χ4n) is 0.688. The lowest BCUT2D eigenvalue weighted by molar-refractivity contribution is 0.254. The van der Waals surface area contributed by atoms with E-state index in [9.17, 15) is 4.79 Å². The van der Waals surface area contributed by atoms with E-state index in [0.29, 0.717) is 5.13 Å². The summed E-state index contributed by atoms with van der Waals surface area (Å²) in [6.45, 7) is 2.05. The first-order chi connectivity index (χ1) is 5.76. The number of carbonyl (C=O) groups excluding carboxylic acids is 1. The van der Waals surface area contributed by atoms with Crippen LogP contribution in [0.4, 0.5) is 9.93 Å². The molecule has 0 aliphatic carbocycles. The highest BCUT2D eigenvalue weighted by atomic mass is 32.1. The average molecular weight is 185 g/mol. The fraction of sp³-hybridized carbons (Fsp3) is 0.429. The molecule has 4 nitrogen and oxygen atoms in total. The second-order valence-electron chi connectivity index (χ2n) is 2.19. The Morgan fingerprint density at radius 1 is 1.75 bits per heavy atom. The van der Waals surface area contributed by atoms with Crippen LogP contribution in [0, 0.1) is 0 Å². The van der Waals surface area contributed by atoms with Crippen LogP contribution in [0.5, 0.6) is 0 Å². The molecule has 1 rings (SSSR count). The first kappa shape index (κ1) is 8.99. The number of hydrogen-bond acceptors (Lipinski definition) is 3. The van der Waals surface area contributed by atoms with Crippen molar-refractivity contribution in [2.75, 3.05) is 12.4 Å². The molecule has 5 heteroatoms. The van der Waals surface area contributed by atoms with Crippen molar-refractivity contribution in [2.24, 2.45) is 0 Å². The lowest BCUT2D eigenvalue weighted by atomic mass is 10.4. The molecule has 1 heterocycles. The SMILES string of the molecule is CCc1cnc(NC(=O)NC)s1. The van der Waals surface area contributed by atoms with Crippen LogP contribution in [0.3, 0.4) is 0 Å². The van der Waals surface area contributed by atoms with E-state index in [1.165, 1.54) is 16.2 Å². The maximum atomic E-state index is 10.8. The van der Waals surface area contributed by atoms with Crippen molar-refractivity contribution in [1.82, 2.24) is 10.3 Å². The normalized spacial score (nSPS) is 9.50. The Kier molecular flexibility index (Phi) is 3.04. The van der Waals surface area contributed by atoms with Crippen LogP contribution in [0.2, 0.25) is 0 Å². The van der Waals surface area contributed by atoms with Gasteiger partial charge in [0.15, 0.2) is 5.13 Å². The maximum Gasteiger partial charge on any atom is 0.320 e. The number of carbonyl (C=O) groups is 1. The molecular weight excluding hydrogens is 174 g/mol. The molecule has 0 aliphatic rings. The van der Waals surface area contributed by atoms with Gasteiger partial charge in [-0.1, -0.05) is 6.92 Å². The Morgan fingerprint density at radius 2 is 2.50 bits per heavy atom. The smallest absolute Gasteiger partial charge is 0.320 e. The zero-order valence-corrected chi connectivity index (χ0v) is 7.86. The number of hydrogen-bond donors (Lipinski definition) is 2. The summed E-state index contributed by atoms with van der Waals surface area (Å²) in [5.41, 5.74) is 0. The molecule has 0 saturated carbocycles. The summed E-state index contributed by atoms with van der Waals surface area (Å²) in [7, 11) is 1.57. The molecular formula is C7H11N3OS. The first-order valence-corrected chi connectivity index (χ1v) is 4.51. The maximum absolute atomic E-state index is 10.8. The molecule has 0 radical (unpaired) electrons. The molecule has 0 unspecified atom stereocenters. The second kappa shape index (κ2) is 4.06. The summed E-state index contributed by atoms with van der Waals surface area (Å²) in [6, 6.07) is -0.230. The van der Waals surface area contributed by atoms with E-state index >= 15 is 0 Å². The van der Waals surface area contributed by atoms with Crippen molar-refractivity contribution in [3.05, 3.63) is 11.1 Å². The van der Waals surface area contributed by atoms with Crippen LogP contribution in [0.1, 0.15) is 11.8 Å². The zero-order chi connectivity index (χ0) is 8.97. The van der Waals surface area contributed by atoms with Gasteiger partial charge in [0.2, 0.25) is 0 Å². The molecule has 0 aliphatic heterocycles. The van der Waals surface area contributed by atoms with Gasteiger partial charge in [0, 0.05) is 18.1 Å². The van der Waals surface area contributed by atoms with Gasteiger partial charge in [0.25, 0.3) is 0 Å². The molecule has 2 amide bonds. The molecule has 1 aromatic heterocycles. The van der Waals surface area contributed by atoms with Gasteiger partial charge < -0.3 is 5.32 Å². The molecule has 0 aromatic carbocycles. The highest BCUT2D eigenvalue weighted by Gasteiger charge is 2.02. The van der Waals surface area contributed by atoms with Gasteiger partial charge in [0.05, 0.1) is 0 Å². The van der Waals surface area contributed by atoms with Crippen molar-refractivity contribution in [3.8, 4) is 0 Å². The van der Waals surface area contributed by atoms with Crippen LogP contribution in [0.15, 0.2) is 6.20 Å². The van der Waals surface area contributed by atoms with Crippen molar-refractivity contribution < 1.29 is 4.79 Å². The topological polar surface area (TPSA) is 54.0 Å². The van der Waals surface area contributed by atoms with Gasteiger partial charge in [-0.15, -0.1) is 11.3 Å². The zero-order valence-electron chi connectivity index (χ0n) is 7.05. The Bertz CT molecular complexity index is 271. The summed E-state index contributed by atoms with van der Waals surface area (Å²) >= 11 is 1.49. The minimum Gasteiger partial charge on any atom is -0.341 e. The Balaban J connectivity index is 2.58. The van der Waals surface area contributed by atoms with E-state index in [4.69, 9.17) is 0 Å². The third-order valence-corrected chi connectivity index (χ3v) is 2.41. The van der Waals surface area contributed by atoms with E-state index in [0.717, 1.165) is 6.42 Å². The molecule has 0 atom stereocenters. The number of nitrogens with one attached hydrogen (secondary N) is 2. The monoisotopic (exact) mass is 185 g/mol. The molecule has 12 heavy (non-hydrogen) atoms. The van der Waals surface area contributed by atoms with Crippen LogP contribution in [-0.2, 0) is 6.42 Å². The molecule has 0 bridgehead atoms. The van der Waals surface area contributed by atoms with E-state index < -0.39 is 0 Å². The summed E-state index contributed by atoms with van der Waals surface area (Å²) in [5, 5.41) is 5.71. The van der Waals surface area contributed by atoms with E-state index in [1.54, 1.807) is 13.2 Å². The third kappa shape index (κ3) is 2.20. The van der Waals surface area contributed by atoms with Gasteiger partial charge in [-0.3, -0.25) is 5.32 Å². The van der Waals surface area contributed by atoms with Crippen LogP contribution in [0.25, 0.3) is 0 Å². The number of aromatic nitrogens is 1. The standard InChI is InChI=1S/C7H11N3OS/c1-3-5-4-9-7(12-5)10-6(11)8-2/h4H,3H2,1-2H3,(H2,8,9,10,11). The molecule has 0 saturated heterocycles. The third-order valence-electron chi connectivity index (χ3n) is 1.35. The second-order valence-corrected chi connectivity index (χ2v) is 3.30. The molecule has 0 spiro atoms. The number of rotatable bonds is 2. The Morgan fingerprint density at radius 3 is 3.00 bits per heavy atom. The van der Waals surface area contributed by atoms with E-state index in [2.05, 4.69) is 22.5 Å². The summed E-state index contributed by atoms with van der Waals surface area (Å²) < 4.78 is 0. The minimum atomic E-state index is -0.230. The van der Waals surface area contributed by atoms with Gasteiger partial charge in [-0.25, -0.2) is 9.78 Å². The predicted octanol–water partition coefficient (Wildman–Crippen LogP) is 1.46. The minimum absolute atomic E-state index is 0.230. The van der Waals surface area contributed by atoms with Crippen LogP contribution >= 0.6 is 11.3 Å². The number of anilines is 1. The Hall–Kier alpha value is -1.10. The predicted molar refractivity (Wildman–Crippen MR) is 49.6 cm³/mol. The highest BCUT2D eigenvalue weighted by Crippen LogP contribution is 2.17. The van der Waals surface area contributed by atoms with Crippen LogP contribution < -0.4 is 10.6 Å². The fourth-order valence-corrected chi connectivity index (χ4v) is 1.44. The number of thiazole rings is 1. The van der Waals surface area contributed by atoms with E-state index in [1.807, 2.05) is 0 Å². The van der Waals surface area contributed by atoms with Crippen molar-refractivity contribution in [2.45, 2.75) is 13.3 Å². The van der Waals surface area contributed by atoms with Gasteiger partial charge in [0.1, 0.15) is 0 Å². The summed E-state index contributed by atoms with van der Waals surface area (Å²) in [5.74, 6) is 0. The average Bonchev–Trinajstić information content (AvgIpc) is 2.52. The molecule has 66 valence electrons. The van der Waals surface area contributed by atoms with Crippen molar-refractivity contribution >= 4 is 22.5 Å². The number of urea groups is 1. The first-order valence-electron chi connectivity index (χ1n) is 3.69. The molecule has 2 N–H and O–H groups in total. The summed E-state index contributed by atoms with van der Waals surface area (Å²) in [6.07, 6.45) is 2.73. The lowest BCUT2D eigenvalue weighted by Crippen LogP contribution is -2.24. The molecule has 1 aromatic rings. The highest BCUT2D eigenvalue weighted by molar-refractivity contribution is 7.15. The largest absolute Gasteiger partial charge is 0.341 e. The lowest BCUT2D eigenvalue weighted by Gasteiger charge is -1.97. The van der Waals surface area contributed by atoms with E-state index in [-0.39, 0.29) is 6.03 Å².